The van der Waals surface area contributed by atoms with E-state index in [1.807, 2.05) is 6.08 Å². The Morgan fingerprint density at radius 3 is 1.88 bits per heavy atom. The van der Waals surface area contributed by atoms with Crippen molar-refractivity contribution in [1.29, 1.82) is 0 Å². The van der Waals surface area contributed by atoms with Crippen LogP contribution in [0.2, 0.25) is 5.04 Å². The molecule has 0 radical (unpaired) electrons. The molecule has 25 heavy (non-hydrogen) atoms. The topological polar surface area (TPSA) is 9.23 Å². The van der Waals surface area contributed by atoms with Crippen molar-refractivity contribution in [1.82, 2.24) is 0 Å². The molecule has 2 aromatic carbocycles. The summed E-state index contributed by atoms with van der Waals surface area (Å²) < 4.78 is 6.92. The average molecular weight is 413 g/mol. The molecule has 1 unspecified atom stereocenters. The highest BCUT2D eigenvalue weighted by atomic mass is 79.9. The maximum Gasteiger partial charge on any atom is 0.262 e. The van der Waals surface area contributed by atoms with Gasteiger partial charge in [-0.15, -0.1) is 6.58 Å². The zero-order valence-electron chi connectivity index (χ0n) is 15.1. The van der Waals surface area contributed by atoms with Gasteiger partial charge < -0.3 is 4.43 Å². The van der Waals surface area contributed by atoms with Gasteiger partial charge in [0.05, 0.1) is 0 Å². The molecule has 3 heteroatoms. The lowest BCUT2D eigenvalue weighted by Crippen LogP contribution is -2.67. The predicted molar refractivity (Wildman–Crippen MR) is 114 cm³/mol. The molecule has 1 atom stereocenters. The number of benzene rings is 2. The van der Waals surface area contributed by atoms with Crippen LogP contribution in [0.4, 0.5) is 0 Å². The van der Waals surface area contributed by atoms with Crippen molar-refractivity contribution >= 4 is 34.6 Å². The molecule has 0 amide bonds. The van der Waals surface area contributed by atoms with Gasteiger partial charge >= 0.3 is 0 Å². The van der Waals surface area contributed by atoms with Gasteiger partial charge in [0.2, 0.25) is 0 Å². The van der Waals surface area contributed by atoms with E-state index in [9.17, 15) is 0 Å². The van der Waals surface area contributed by atoms with Crippen LogP contribution >= 0.6 is 15.9 Å². The fourth-order valence-electron chi connectivity index (χ4n) is 3.25. The molecule has 0 aliphatic rings. The first kappa shape index (κ1) is 19.7. The maximum atomic E-state index is 6.92. The molecule has 0 heterocycles. The van der Waals surface area contributed by atoms with Gasteiger partial charge in [-0.2, -0.15) is 0 Å². The van der Waals surface area contributed by atoms with Gasteiger partial charge in [-0.25, -0.2) is 0 Å². The van der Waals surface area contributed by atoms with E-state index in [1.54, 1.807) is 0 Å². The summed E-state index contributed by atoms with van der Waals surface area (Å²) in [4.78, 5) is 2.84. The van der Waals surface area contributed by atoms with Crippen molar-refractivity contribution in [3.8, 4) is 10.8 Å². The van der Waals surface area contributed by atoms with E-state index < -0.39 is 8.32 Å². The Hall–Kier alpha value is -1.60. The van der Waals surface area contributed by atoms with Crippen LogP contribution in [0.5, 0.6) is 0 Å². The molecule has 0 N–H and O–H groups in total. The lowest BCUT2D eigenvalue weighted by atomic mass is 10.2. The molecule has 0 saturated carbocycles. The third-order valence-corrected chi connectivity index (χ3v) is 9.60. The zero-order chi connectivity index (χ0) is 18.3. The summed E-state index contributed by atoms with van der Waals surface area (Å²) >= 11 is 3.23. The third-order valence-electron chi connectivity index (χ3n) is 4.33. The Bertz CT molecular complexity index is 699. The fraction of sp³-hybridized carbons (Fsp3) is 0.273. The Balaban J connectivity index is 2.71. The fourth-order valence-corrected chi connectivity index (χ4v) is 8.11. The first-order valence-electron chi connectivity index (χ1n) is 8.46. The first-order valence-corrected chi connectivity index (χ1v) is 11.2. The van der Waals surface area contributed by atoms with Gasteiger partial charge in [0.1, 0.15) is 6.10 Å². The summed E-state index contributed by atoms with van der Waals surface area (Å²) in [6.07, 6.45) is 2.38. The predicted octanol–water partition coefficient (Wildman–Crippen LogP) is 4.86. The molecule has 0 saturated heterocycles. The molecule has 0 aliphatic heterocycles. The Kier molecular flexibility index (Phi) is 6.84. The second-order valence-corrected chi connectivity index (χ2v) is 11.7. The molecule has 0 fully saturated rings. The van der Waals surface area contributed by atoms with E-state index in [4.69, 9.17) is 4.43 Å². The van der Waals surface area contributed by atoms with Crippen LogP contribution in [0, 0.1) is 10.8 Å². The highest BCUT2D eigenvalue weighted by Gasteiger charge is 2.51. The maximum absolute atomic E-state index is 6.92. The van der Waals surface area contributed by atoms with Crippen LogP contribution in [-0.2, 0) is 4.43 Å². The molecule has 130 valence electrons. The smallest absolute Gasteiger partial charge is 0.262 e. The second kappa shape index (κ2) is 8.67. The van der Waals surface area contributed by atoms with Crippen molar-refractivity contribution < 1.29 is 4.43 Å². The second-order valence-electron chi connectivity index (χ2n) is 7.03. The molecular formula is C22H25BrOSi. The van der Waals surface area contributed by atoms with Crippen molar-refractivity contribution in [3.63, 3.8) is 0 Å². The molecule has 2 aromatic rings. The zero-order valence-corrected chi connectivity index (χ0v) is 17.7. The van der Waals surface area contributed by atoms with Crippen LogP contribution in [0.3, 0.4) is 0 Å². The Morgan fingerprint density at radius 1 is 1.04 bits per heavy atom. The van der Waals surface area contributed by atoms with Gasteiger partial charge in [-0.3, -0.25) is 0 Å². The van der Waals surface area contributed by atoms with E-state index in [0.29, 0.717) is 6.42 Å². The van der Waals surface area contributed by atoms with E-state index in [1.165, 1.54) is 10.4 Å². The molecule has 0 aromatic heterocycles. The van der Waals surface area contributed by atoms with Crippen LogP contribution < -0.4 is 10.4 Å². The highest BCUT2D eigenvalue weighted by Crippen LogP contribution is 2.37. The van der Waals surface area contributed by atoms with Gasteiger partial charge in [-0.05, 0) is 20.2 Å². The normalized spacial score (nSPS) is 12.8. The molecule has 0 bridgehead atoms. The van der Waals surface area contributed by atoms with Crippen molar-refractivity contribution in [2.24, 2.45) is 0 Å². The summed E-state index contributed by atoms with van der Waals surface area (Å²) in [6, 6.07) is 21.2. The minimum Gasteiger partial charge on any atom is -0.393 e. The van der Waals surface area contributed by atoms with Crippen molar-refractivity contribution in [3.05, 3.63) is 73.3 Å². The quantitative estimate of drug-likeness (QED) is 0.373. The largest absolute Gasteiger partial charge is 0.393 e. The third kappa shape index (κ3) is 4.33. The van der Waals surface area contributed by atoms with Gasteiger partial charge in [-0.1, -0.05) is 93.4 Å². The van der Waals surface area contributed by atoms with Crippen LogP contribution in [0.15, 0.2) is 73.3 Å². The standard InChI is InChI=1S/C22H25BrOSi/c1-5-12-19(17-18-23)24-25(22(2,3)4,20-13-8-6-9-14-20)21-15-10-7-11-16-21/h5-11,13-16,19H,1,12H2,2-4H3. The SMILES string of the molecule is C=CCC(C#CBr)O[Si](c1ccccc1)(c1ccccc1)C(C)(C)C. The lowest BCUT2D eigenvalue weighted by molar-refractivity contribution is 0.245. The first-order chi connectivity index (χ1) is 12.0. The summed E-state index contributed by atoms with van der Waals surface area (Å²) in [5.74, 6) is 3.16. The lowest BCUT2D eigenvalue weighted by Gasteiger charge is -2.44. The van der Waals surface area contributed by atoms with E-state index in [-0.39, 0.29) is 11.1 Å². The van der Waals surface area contributed by atoms with E-state index in [2.05, 4.69) is 115 Å². The highest BCUT2D eigenvalue weighted by molar-refractivity contribution is 9.12. The number of halogens is 1. The molecule has 2 rings (SSSR count). The minimum absolute atomic E-state index is 0.0525. The molecule has 0 spiro atoms. The molecular weight excluding hydrogens is 388 g/mol. The van der Waals surface area contributed by atoms with Crippen LogP contribution in [-0.4, -0.2) is 14.4 Å². The average Bonchev–Trinajstić information content (AvgIpc) is 2.60. The number of rotatable bonds is 6. The van der Waals surface area contributed by atoms with Gasteiger partial charge in [0.15, 0.2) is 0 Å². The summed E-state index contributed by atoms with van der Waals surface area (Å²) in [6.45, 7) is 10.7. The molecule has 1 nitrogen and oxygen atoms in total. The van der Waals surface area contributed by atoms with Crippen molar-refractivity contribution in [2.75, 3.05) is 0 Å². The van der Waals surface area contributed by atoms with Crippen molar-refractivity contribution in [2.45, 2.75) is 38.3 Å². The number of hydrogen-bond acceptors (Lipinski definition) is 1. The summed E-state index contributed by atoms with van der Waals surface area (Å²) in [5.41, 5.74) is 0. The Labute approximate surface area is 161 Å². The van der Waals surface area contributed by atoms with Gasteiger partial charge in [0, 0.05) is 22.4 Å². The minimum atomic E-state index is -2.56. The van der Waals surface area contributed by atoms with Gasteiger partial charge in [0.25, 0.3) is 8.32 Å². The summed E-state index contributed by atoms with van der Waals surface area (Å²) in [5, 5.41) is 2.47. The van der Waals surface area contributed by atoms with E-state index in [0.717, 1.165) is 0 Å². The van der Waals surface area contributed by atoms with Crippen LogP contribution in [0.25, 0.3) is 0 Å². The summed E-state index contributed by atoms with van der Waals surface area (Å²) in [7, 11) is -2.56. The Morgan fingerprint density at radius 2 is 1.52 bits per heavy atom. The molecule has 0 aliphatic carbocycles. The monoisotopic (exact) mass is 412 g/mol. The van der Waals surface area contributed by atoms with E-state index >= 15 is 0 Å². The number of hydrogen-bond donors (Lipinski definition) is 0. The van der Waals surface area contributed by atoms with Crippen LogP contribution in [0.1, 0.15) is 27.2 Å².